The van der Waals surface area contributed by atoms with Crippen molar-refractivity contribution in [2.24, 2.45) is 7.05 Å². The summed E-state index contributed by atoms with van der Waals surface area (Å²) in [5.41, 5.74) is 0.0157. The first-order chi connectivity index (χ1) is 6.56. The van der Waals surface area contributed by atoms with Crippen molar-refractivity contribution < 1.29 is 14.3 Å². The molecule has 6 heteroatoms. The summed E-state index contributed by atoms with van der Waals surface area (Å²) in [5, 5.41) is 2.98. The minimum Gasteiger partial charge on any atom is -0.462 e. The lowest BCUT2D eigenvalue weighted by Crippen LogP contribution is -2.07. The van der Waals surface area contributed by atoms with E-state index in [0.29, 0.717) is 0 Å². The van der Waals surface area contributed by atoms with Gasteiger partial charge in [-0.15, -0.1) is 0 Å². The molecule has 1 aromatic heterocycles. The molecule has 0 radical (unpaired) electrons. The second-order valence-corrected chi connectivity index (χ2v) is 2.90. The second kappa shape index (κ2) is 4.23. The maximum Gasteiger partial charge on any atom is 0.342 e. The van der Waals surface area contributed by atoms with Gasteiger partial charge in [-0.25, -0.2) is 4.79 Å². The molecule has 0 aliphatic heterocycles. The number of aryl methyl sites for hydroxylation is 1. The third-order valence-electron chi connectivity index (χ3n) is 1.51. The zero-order chi connectivity index (χ0) is 10.7. The van der Waals surface area contributed by atoms with E-state index in [9.17, 15) is 9.59 Å². The van der Waals surface area contributed by atoms with Crippen LogP contribution in [0.5, 0.6) is 0 Å². The summed E-state index contributed by atoms with van der Waals surface area (Å²) in [6.45, 7) is 1.92. The molecule has 0 atom stereocenters. The molecule has 14 heavy (non-hydrogen) atoms. The molecule has 0 amide bonds. The number of hydrogen-bond donors (Lipinski definition) is 0. The van der Waals surface area contributed by atoms with Crippen LogP contribution in [0.15, 0.2) is 6.20 Å². The van der Waals surface area contributed by atoms with Gasteiger partial charge in [-0.2, -0.15) is 5.10 Å². The Morgan fingerprint density at radius 2 is 2.29 bits per heavy atom. The van der Waals surface area contributed by atoms with Crippen molar-refractivity contribution in [3.8, 4) is 0 Å². The Hall–Kier alpha value is -1.36. The summed E-state index contributed by atoms with van der Waals surface area (Å²) in [5.74, 6) is -0.593. The van der Waals surface area contributed by atoms with Crippen LogP contribution in [-0.2, 0) is 11.8 Å². The largest absolute Gasteiger partial charge is 0.462 e. The van der Waals surface area contributed by atoms with Crippen LogP contribution < -0.4 is 0 Å². The zero-order valence-electron chi connectivity index (χ0n) is 7.78. The third kappa shape index (κ3) is 2.11. The maximum absolute atomic E-state index is 11.3. The second-order valence-electron chi connectivity index (χ2n) is 2.56. The Morgan fingerprint density at radius 1 is 1.64 bits per heavy atom. The molecular formula is C8H9ClN2O3. The van der Waals surface area contributed by atoms with Gasteiger partial charge in [0.1, 0.15) is 5.56 Å². The molecule has 0 spiro atoms. The van der Waals surface area contributed by atoms with Crippen LogP contribution in [0.25, 0.3) is 0 Å². The molecular weight excluding hydrogens is 208 g/mol. The minimum atomic E-state index is -0.770. The Labute approximate surface area is 85.6 Å². The lowest BCUT2D eigenvalue weighted by Gasteiger charge is -1.98. The molecule has 0 unspecified atom stereocenters. The smallest absolute Gasteiger partial charge is 0.342 e. The molecule has 0 saturated heterocycles. The van der Waals surface area contributed by atoms with Gasteiger partial charge in [-0.05, 0) is 18.5 Å². The number of nitrogens with zero attached hydrogens (tertiary/aromatic N) is 2. The third-order valence-corrected chi connectivity index (χ3v) is 1.69. The topological polar surface area (TPSA) is 61.2 Å². The number of ether oxygens (including phenoxy) is 1. The van der Waals surface area contributed by atoms with Gasteiger partial charge in [0, 0.05) is 13.2 Å². The van der Waals surface area contributed by atoms with E-state index < -0.39 is 11.2 Å². The number of hydrogen-bond acceptors (Lipinski definition) is 4. The highest BCUT2D eigenvalue weighted by Gasteiger charge is 2.20. The molecule has 0 bridgehead atoms. The summed E-state index contributed by atoms with van der Waals surface area (Å²) in [4.78, 5) is 22.2. The fourth-order valence-electron chi connectivity index (χ4n) is 0.992. The molecule has 0 aromatic carbocycles. The van der Waals surface area contributed by atoms with Gasteiger partial charge in [0.25, 0.3) is 5.24 Å². The number of halogens is 1. The standard InChI is InChI=1S/C8H9ClN2O3/c1-3-14-8(13)5-4-11(2)10-6(5)7(9)12/h4H,3H2,1-2H3. The molecule has 0 N–H and O–H groups in total. The summed E-state index contributed by atoms with van der Waals surface area (Å²) >= 11 is 5.24. The number of rotatable bonds is 3. The van der Waals surface area contributed by atoms with Crippen molar-refractivity contribution in [1.29, 1.82) is 0 Å². The zero-order valence-corrected chi connectivity index (χ0v) is 8.54. The Morgan fingerprint density at radius 3 is 2.79 bits per heavy atom. The van der Waals surface area contributed by atoms with Crippen LogP contribution in [-0.4, -0.2) is 27.6 Å². The van der Waals surface area contributed by atoms with Gasteiger partial charge in [0.2, 0.25) is 0 Å². The maximum atomic E-state index is 11.3. The van der Waals surface area contributed by atoms with Crippen molar-refractivity contribution in [2.75, 3.05) is 6.61 Å². The summed E-state index contributed by atoms with van der Waals surface area (Å²) in [6.07, 6.45) is 1.40. The van der Waals surface area contributed by atoms with E-state index in [1.54, 1.807) is 14.0 Å². The highest BCUT2D eigenvalue weighted by Crippen LogP contribution is 2.10. The summed E-state index contributed by atoms with van der Waals surface area (Å²) in [6, 6.07) is 0. The number of esters is 1. The van der Waals surface area contributed by atoms with E-state index in [-0.39, 0.29) is 17.9 Å². The predicted octanol–water partition coefficient (Wildman–Crippen LogP) is 0.976. The average molecular weight is 217 g/mol. The molecule has 0 aliphatic carbocycles. The van der Waals surface area contributed by atoms with Gasteiger partial charge < -0.3 is 4.74 Å². The van der Waals surface area contributed by atoms with Gasteiger partial charge in [-0.1, -0.05) is 0 Å². The molecule has 0 fully saturated rings. The van der Waals surface area contributed by atoms with Crippen molar-refractivity contribution >= 4 is 22.8 Å². The lowest BCUT2D eigenvalue weighted by atomic mass is 10.2. The van der Waals surface area contributed by atoms with Crippen molar-refractivity contribution in [3.05, 3.63) is 17.5 Å². The van der Waals surface area contributed by atoms with E-state index in [4.69, 9.17) is 16.3 Å². The van der Waals surface area contributed by atoms with E-state index in [1.165, 1.54) is 10.9 Å². The molecule has 0 aliphatic rings. The van der Waals surface area contributed by atoms with E-state index >= 15 is 0 Å². The van der Waals surface area contributed by atoms with Crippen molar-refractivity contribution in [3.63, 3.8) is 0 Å². The first-order valence-corrected chi connectivity index (χ1v) is 4.34. The van der Waals surface area contributed by atoms with Crippen LogP contribution >= 0.6 is 11.6 Å². The Kier molecular flexibility index (Phi) is 3.24. The predicted molar refractivity (Wildman–Crippen MR) is 49.3 cm³/mol. The SMILES string of the molecule is CCOC(=O)c1cn(C)nc1C(=O)Cl. The van der Waals surface area contributed by atoms with Crippen LogP contribution in [0, 0.1) is 0 Å². The van der Waals surface area contributed by atoms with E-state index in [1.807, 2.05) is 0 Å². The normalized spacial score (nSPS) is 9.93. The molecule has 76 valence electrons. The molecule has 1 rings (SSSR count). The highest BCUT2D eigenvalue weighted by atomic mass is 35.5. The Balaban J connectivity index is 3.06. The lowest BCUT2D eigenvalue weighted by molar-refractivity contribution is 0.0524. The summed E-state index contributed by atoms with van der Waals surface area (Å²) in [7, 11) is 1.59. The molecule has 0 saturated carbocycles. The van der Waals surface area contributed by atoms with Crippen LogP contribution in [0.4, 0.5) is 0 Å². The van der Waals surface area contributed by atoms with Gasteiger partial charge >= 0.3 is 5.97 Å². The van der Waals surface area contributed by atoms with E-state index in [0.717, 1.165) is 0 Å². The molecule has 1 heterocycles. The van der Waals surface area contributed by atoms with Crippen LogP contribution in [0.1, 0.15) is 27.8 Å². The fraction of sp³-hybridized carbons (Fsp3) is 0.375. The number of carbonyl (C=O) groups excluding carboxylic acids is 2. The fourth-order valence-corrected chi connectivity index (χ4v) is 1.13. The first-order valence-electron chi connectivity index (χ1n) is 3.96. The van der Waals surface area contributed by atoms with Gasteiger partial charge in [-0.3, -0.25) is 9.48 Å². The summed E-state index contributed by atoms with van der Waals surface area (Å²) < 4.78 is 6.06. The number of aromatic nitrogens is 2. The van der Waals surface area contributed by atoms with Gasteiger partial charge in [0.15, 0.2) is 5.69 Å². The van der Waals surface area contributed by atoms with Crippen LogP contribution in [0.3, 0.4) is 0 Å². The molecule has 1 aromatic rings. The van der Waals surface area contributed by atoms with Crippen LogP contribution in [0.2, 0.25) is 0 Å². The minimum absolute atomic E-state index is 0.0763. The quantitative estimate of drug-likeness (QED) is 0.558. The van der Waals surface area contributed by atoms with Crippen molar-refractivity contribution in [1.82, 2.24) is 9.78 Å². The first kappa shape index (κ1) is 10.7. The molecule has 5 nitrogen and oxygen atoms in total. The number of carbonyl (C=O) groups is 2. The van der Waals surface area contributed by atoms with Gasteiger partial charge in [0.05, 0.1) is 6.61 Å². The monoisotopic (exact) mass is 216 g/mol. The Bertz CT molecular complexity index is 373. The van der Waals surface area contributed by atoms with E-state index in [2.05, 4.69) is 5.10 Å². The highest BCUT2D eigenvalue weighted by molar-refractivity contribution is 6.67. The van der Waals surface area contributed by atoms with Crippen molar-refractivity contribution in [2.45, 2.75) is 6.92 Å². The average Bonchev–Trinajstić information content (AvgIpc) is 2.48.